The first-order valence-corrected chi connectivity index (χ1v) is 12.0. The smallest absolute Gasteiger partial charge is 0.428 e. The fraction of sp³-hybridized carbons (Fsp3) is 0.296. The van der Waals surface area contributed by atoms with E-state index in [0.29, 0.717) is 18.2 Å². The van der Waals surface area contributed by atoms with Crippen LogP contribution in [0.5, 0.6) is 5.75 Å². The average Bonchev–Trinajstić information content (AvgIpc) is 2.87. The molecule has 3 rings (SSSR count). The summed E-state index contributed by atoms with van der Waals surface area (Å²) in [5, 5.41) is 4.02. The Morgan fingerprint density at radius 2 is 1.47 bits per heavy atom. The molecular weight excluding hydrogens is 612 g/mol. The summed E-state index contributed by atoms with van der Waals surface area (Å²) < 4.78 is 165. The lowest BCUT2D eigenvalue weighted by molar-refractivity contribution is -0.253. The van der Waals surface area contributed by atoms with Crippen molar-refractivity contribution in [2.24, 2.45) is 0 Å². The molecule has 43 heavy (non-hydrogen) atoms. The molecule has 2 amide bonds. The zero-order chi connectivity index (χ0) is 32.2. The van der Waals surface area contributed by atoms with Crippen LogP contribution in [0.2, 0.25) is 0 Å². The maximum Gasteiger partial charge on any atom is 0.461 e. The van der Waals surface area contributed by atoms with Crippen molar-refractivity contribution in [1.82, 2.24) is 10.6 Å². The average molecular weight is 632 g/mol. The molecule has 1 unspecified atom stereocenters. The highest BCUT2D eigenvalue weighted by Gasteiger charge is 2.45. The van der Waals surface area contributed by atoms with Gasteiger partial charge in [-0.05, 0) is 41.0 Å². The zero-order valence-electron chi connectivity index (χ0n) is 21.4. The number of ether oxygens (including phenoxy) is 1. The molecule has 16 heteroatoms. The van der Waals surface area contributed by atoms with Crippen LogP contribution < -0.4 is 15.4 Å². The molecule has 0 radical (unpaired) electrons. The Labute approximate surface area is 235 Å². The minimum Gasteiger partial charge on any atom is -0.428 e. The van der Waals surface area contributed by atoms with E-state index in [-0.39, 0.29) is 17.7 Å². The van der Waals surface area contributed by atoms with E-state index in [1.54, 1.807) is 0 Å². The molecule has 0 aliphatic heterocycles. The maximum absolute atomic E-state index is 14.8. The molecule has 0 spiro atoms. The van der Waals surface area contributed by atoms with Gasteiger partial charge in [-0.15, -0.1) is 0 Å². The van der Waals surface area contributed by atoms with E-state index in [0.717, 1.165) is 6.07 Å². The molecule has 0 aliphatic carbocycles. The number of carbonyl (C=O) groups excluding carboxylic acids is 1. The largest absolute Gasteiger partial charge is 0.461 e. The fourth-order valence-electron chi connectivity index (χ4n) is 4.09. The number of amides is 2. The van der Waals surface area contributed by atoms with Gasteiger partial charge in [0, 0.05) is 19.0 Å². The number of rotatable bonds is 10. The van der Waals surface area contributed by atoms with Gasteiger partial charge in [-0.2, -0.15) is 43.9 Å². The summed E-state index contributed by atoms with van der Waals surface area (Å²) in [7, 11) is 0. The van der Waals surface area contributed by atoms with Crippen molar-refractivity contribution in [2.75, 3.05) is 6.54 Å². The van der Waals surface area contributed by atoms with Crippen molar-refractivity contribution in [3.05, 3.63) is 101 Å². The molecule has 3 aromatic rings. The molecule has 0 heterocycles. The lowest BCUT2D eigenvalue weighted by atomic mass is 9.77. The van der Waals surface area contributed by atoms with E-state index in [9.17, 15) is 57.5 Å². The van der Waals surface area contributed by atoms with Crippen molar-refractivity contribution >= 4 is 6.03 Å². The first-order valence-electron chi connectivity index (χ1n) is 12.0. The monoisotopic (exact) mass is 632 g/mol. The molecule has 0 bridgehead atoms. The summed E-state index contributed by atoms with van der Waals surface area (Å²) in [6.45, 7) is -1.02. The second-order valence-corrected chi connectivity index (χ2v) is 9.15. The van der Waals surface area contributed by atoms with Crippen molar-refractivity contribution in [2.45, 2.75) is 43.3 Å². The number of hydrogen-bond acceptors (Lipinski definition) is 2. The van der Waals surface area contributed by atoms with Crippen LogP contribution in [0, 0.1) is 11.6 Å². The first kappa shape index (κ1) is 33.4. The van der Waals surface area contributed by atoms with Gasteiger partial charge < -0.3 is 15.4 Å². The van der Waals surface area contributed by atoms with E-state index in [4.69, 9.17) is 0 Å². The summed E-state index contributed by atoms with van der Waals surface area (Å²) in [6, 6.07) is 8.36. The molecule has 0 fully saturated rings. The van der Waals surface area contributed by atoms with Gasteiger partial charge in [0.15, 0.2) is 0 Å². The third-order valence-corrected chi connectivity index (χ3v) is 5.97. The molecule has 3 aromatic carbocycles. The number of nitrogens with one attached hydrogen (secondary N) is 2. The van der Waals surface area contributed by atoms with E-state index in [1.807, 2.05) is 5.32 Å². The lowest BCUT2D eigenvalue weighted by Gasteiger charge is -2.37. The van der Waals surface area contributed by atoms with Gasteiger partial charge in [0.25, 0.3) is 0 Å². The minimum absolute atomic E-state index is 0.195. The number of hydrogen-bond donors (Lipinski definition) is 2. The summed E-state index contributed by atoms with van der Waals surface area (Å²) in [6.07, 6.45) is -21.7. The number of benzene rings is 3. The summed E-state index contributed by atoms with van der Waals surface area (Å²) in [4.78, 5) is 12.9. The van der Waals surface area contributed by atoms with Crippen LogP contribution in [-0.2, 0) is 18.1 Å². The molecule has 1 atom stereocenters. The van der Waals surface area contributed by atoms with Crippen LogP contribution in [0.15, 0.2) is 66.7 Å². The van der Waals surface area contributed by atoms with Crippen molar-refractivity contribution in [1.29, 1.82) is 0 Å². The van der Waals surface area contributed by atoms with Crippen LogP contribution in [0.25, 0.3) is 0 Å². The lowest BCUT2D eigenvalue weighted by Crippen LogP contribution is -2.52. The Kier molecular flexibility index (Phi) is 9.81. The van der Waals surface area contributed by atoms with E-state index in [1.165, 1.54) is 30.3 Å². The predicted octanol–water partition coefficient (Wildman–Crippen LogP) is 7.96. The van der Waals surface area contributed by atoms with Gasteiger partial charge in [-0.25, -0.2) is 13.6 Å². The molecule has 0 aliphatic rings. The Bertz CT molecular complexity index is 1410. The summed E-state index contributed by atoms with van der Waals surface area (Å²) >= 11 is 0. The van der Waals surface area contributed by atoms with Crippen LogP contribution >= 0.6 is 0 Å². The highest BCUT2D eigenvalue weighted by Crippen LogP contribution is 2.40. The third kappa shape index (κ3) is 8.70. The normalized spacial score (nSPS) is 13.9. The Morgan fingerprint density at radius 3 is 2.05 bits per heavy atom. The Morgan fingerprint density at radius 1 is 0.814 bits per heavy atom. The Balaban J connectivity index is 2.30. The highest BCUT2D eigenvalue weighted by molar-refractivity contribution is 5.76. The Hall–Kier alpha value is -4.11. The van der Waals surface area contributed by atoms with Crippen LogP contribution in [0.4, 0.5) is 57.5 Å². The molecule has 234 valence electrons. The van der Waals surface area contributed by atoms with Crippen LogP contribution in [0.1, 0.15) is 28.7 Å². The third-order valence-electron chi connectivity index (χ3n) is 5.97. The second-order valence-electron chi connectivity index (χ2n) is 9.15. The second kappa shape index (κ2) is 12.6. The molecule has 2 N–H and O–H groups in total. The van der Waals surface area contributed by atoms with Gasteiger partial charge >= 0.3 is 30.9 Å². The molecular formula is C27H20F12N2O2. The van der Waals surface area contributed by atoms with E-state index >= 15 is 0 Å². The molecule has 0 saturated carbocycles. The molecule has 4 nitrogen and oxygen atoms in total. The van der Waals surface area contributed by atoms with Gasteiger partial charge in [0.05, 0.1) is 17.5 Å². The van der Waals surface area contributed by atoms with E-state index < -0.39 is 89.9 Å². The maximum atomic E-state index is 14.8. The summed E-state index contributed by atoms with van der Waals surface area (Å²) in [5.41, 5.74) is -5.44. The minimum atomic E-state index is -5.32. The topological polar surface area (TPSA) is 50.4 Å². The van der Waals surface area contributed by atoms with Crippen molar-refractivity contribution < 1.29 is 62.2 Å². The molecule has 0 aromatic heterocycles. The highest BCUT2D eigenvalue weighted by atomic mass is 19.4. The predicted molar refractivity (Wildman–Crippen MR) is 128 cm³/mol. The van der Waals surface area contributed by atoms with Crippen molar-refractivity contribution in [3.8, 4) is 5.75 Å². The van der Waals surface area contributed by atoms with Gasteiger partial charge in [-0.3, -0.25) is 0 Å². The van der Waals surface area contributed by atoms with Crippen molar-refractivity contribution in [3.63, 3.8) is 0 Å². The standard InChI is InChI=1S/C27H20F12N2O2/c28-18-10-17(11-19(13-18)43-27(38,39)22(30)31)24(14-15-4-2-1-3-5-15,41-23(42)40-9-8-25(32,33)34)16-6-7-21(29)20(12-16)26(35,36)37/h1-7,10-13,22H,8-9,14H2,(H2,40,41,42). The van der Waals surface area contributed by atoms with Gasteiger partial charge in [-0.1, -0.05) is 36.4 Å². The number of carbonyl (C=O) groups is 1. The quantitative estimate of drug-likeness (QED) is 0.223. The van der Waals surface area contributed by atoms with Gasteiger partial charge in [0.1, 0.15) is 17.4 Å². The summed E-state index contributed by atoms with van der Waals surface area (Å²) in [5.74, 6) is -4.44. The number of halogens is 12. The SMILES string of the molecule is O=C(NCCC(F)(F)F)NC(Cc1ccccc1)(c1cc(F)cc(OC(F)(F)C(F)F)c1)c1ccc(F)c(C(F)(F)F)c1. The zero-order valence-corrected chi connectivity index (χ0v) is 21.4. The fourth-order valence-corrected chi connectivity index (χ4v) is 4.09. The number of urea groups is 1. The van der Waals surface area contributed by atoms with Crippen LogP contribution in [0.3, 0.4) is 0 Å². The first-order chi connectivity index (χ1) is 19.8. The van der Waals surface area contributed by atoms with Gasteiger partial charge in [0.2, 0.25) is 0 Å². The van der Waals surface area contributed by atoms with E-state index in [2.05, 4.69) is 10.1 Å². The molecule has 0 saturated heterocycles. The number of alkyl halides is 10. The van der Waals surface area contributed by atoms with Crippen LogP contribution in [-0.4, -0.2) is 31.3 Å².